The van der Waals surface area contributed by atoms with Gasteiger partial charge in [-0.1, -0.05) is 30.3 Å². The first-order valence-electron chi connectivity index (χ1n) is 8.11. The number of benzene rings is 2. The summed E-state index contributed by atoms with van der Waals surface area (Å²) in [6, 6.07) is 12.8. The van der Waals surface area contributed by atoms with E-state index in [9.17, 15) is 14.0 Å². The quantitative estimate of drug-likeness (QED) is 0.864. The van der Waals surface area contributed by atoms with E-state index < -0.39 is 5.82 Å². The molecule has 0 aromatic heterocycles. The topological polar surface area (TPSA) is 49.4 Å². The Morgan fingerprint density at radius 2 is 1.60 bits per heavy atom. The van der Waals surface area contributed by atoms with E-state index in [1.54, 1.807) is 13.8 Å². The van der Waals surface area contributed by atoms with E-state index in [2.05, 4.69) is 5.32 Å². The third kappa shape index (κ3) is 3.05. The Balaban J connectivity index is 2.12. The number of rotatable bonds is 4. The summed E-state index contributed by atoms with van der Waals surface area (Å²) in [4.78, 5) is 26.9. The average molecular weight is 338 g/mol. The fraction of sp³-hybridized carbons (Fsp3) is 0.200. The maximum absolute atomic E-state index is 13.3. The molecular formula is C20H19FN2O2. The predicted molar refractivity (Wildman–Crippen MR) is 95.1 cm³/mol. The van der Waals surface area contributed by atoms with Crippen LogP contribution in [0.5, 0.6) is 0 Å². The van der Waals surface area contributed by atoms with Gasteiger partial charge in [-0.25, -0.2) is 4.39 Å². The number of imide groups is 1. The molecule has 0 aliphatic carbocycles. The second-order valence-electron chi connectivity index (χ2n) is 6.27. The number of amides is 2. The van der Waals surface area contributed by atoms with Crippen LogP contribution in [0.3, 0.4) is 0 Å². The van der Waals surface area contributed by atoms with E-state index in [1.165, 1.54) is 29.2 Å². The Hall–Kier alpha value is -2.95. The van der Waals surface area contributed by atoms with Crippen molar-refractivity contribution in [1.29, 1.82) is 0 Å². The first-order chi connectivity index (χ1) is 11.9. The molecule has 128 valence electrons. The lowest BCUT2D eigenvalue weighted by atomic mass is 10.0. The number of carbonyl (C=O) groups is 2. The van der Waals surface area contributed by atoms with Crippen LogP contribution in [0.15, 0.2) is 54.2 Å². The standard InChI is InChI=1S/C20H19FN2O2/c1-12(2)23-19(24)17(14-8-10-15(21)11-9-14)18(20(23)25)22-16-7-5-4-6-13(16)3/h4-12,22H,1-3H3. The van der Waals surface area contributed by atoms with Gasteiger partial charge in [0.15, 0.2) is 0 Å². The van der Waals surface area contributed by atoms with Crippen LogP contribution in [0.4, 0.5) is 10.1 Å². The van der Waals surface area contributed by atoms with Crippen LogP contribution in [0.2, 0.25) is 0 Å². The molecule has 2 amide bonds. The summed E-state index contributed by atoms with van der Waals surface area (Å²) in [6.07, 6.45) is 0. The van der Waals surface area contributed by atoms with Crippen LogP contribution < -0.4 is 5.32 Å². The molecule has 25 heavy (non-hydrogen) atoms. The van der Waals surface area contributed by atoms with Crippen molar-refractivity contribution in [2.24, 2.45) is 0 Å². The van der Waals surface area contributed by atoms with Crippen LogP contribution in [0.1, 0.15) is 25.0 Å². The zero-order chi connectivity index (χ0) is 18.1. The lowest BCUT2D eigenvalue weighted by molar-refractivity contribution is -0.138. The van der Waals surface area contributed by atoms with Crippen molar-refractivity contribution in [3.8, 4) is 0 Å². The molecular weight excluding hydrogens is 319 g/mol. The Labute approximate surface area is 146 Å². The van der Waals surface area contributed by atoms with Gasteiger partial charge in [0.25, 0.3) is 11.8 Å². The number of anilines is 1. The fourth-order valence-electron chi connectivity index (χ4n) is 2.86. The molecule has 0 spiro atoms. The Kier molecular flexibility index (Phi) is 4.40. The molecule has 0 unspecified atom stereocenters. The highest BCUT2D eigenvalue weighted by Gasteiger charge is 2.40. The molecule has 5 heteroatoms. The first-order valence-corrected chi connectivity index (χ1v) is 8.11. The van der Waals surface area contributed by atoms with Crippen molar-refractivity contribution in [1.82, 2.24) is 4.90 Å². The van der Waals surface area contributed by atoms with Gasteiger partial charge in [0.1, 0.15) is 11.5 Å². The number of carbonyl (C=O) groups excluding carboxylic acids is 2. The zero-order valence-electron chi connectivity index (χ0n) is 14.3. The summed E-state index contributed by atoms with van der Waals surface area (Å²) in [6.45, 7) is 5.49. The highest BCUT2D eigenvalue weighted by molar-refractivity contribution is 6.36. The molecule has 1 aliphatic rings. The van der Waals surface area contributed by atoms with E-state index in [-0.39, 0.29) is 29.1 Å². The van der Waals surface area contributed by atoms with Gasteiger partial charge in [-0.2, -0.15) is 0 Å². The van der Waals surface area contributed by atoms with Crippen molar-refractivity contribution in [3.63, 3.8) is 0 Å². The van der Waals surface area contributed by atoms with E-state index in [0.29, 0.717) is 5.56 Å². The van der Waals surface area contributed by atoms with E-state index >= 15 is 0 Å². The Morgan fingerprint density at radius 1 is 0.960 bits per heavy atom. The van der Waals surface area contributed by atoms with Gasteiger partial charge in [0.2, 0.25) is 0 Å². The summed E-state index contributed by atoms with van der Waals surface area (Å²) in [5.41, 5.74) is 2.71. The smallest absolute Gasteiger partial charge is 0.278 e. The molecule has 0 atom stereocenters. The third-order valence-electron chi connectivity index (χ3n) is 4.17. The highest BCUT2D eigenvalue weighted by Crippen LogP contribution is 2.32. The zero-order valence-corrected chi connectivity index (χ0v) is 14.3. The summed E-state index contributed by atoms with van der Waals surface area (Å²) < 4.78 is 13.3. The summed E-state index contributed by atoms with van der Waals surface area (Å²) in [5, 5.41) is 3.11. The Morgan fingerprint density at radius 3 is 2.20 bits per heavy atom. The SMILES string of the molecule is Cc1ccccc1NC1=C(c2ccc(F)cc2)C(=O)N(C(C)C)C1=O. The van der Waals surface area contributed by atoms with Crippen LogP contribution >= 0.6 is 0 Å². The van der Waals surface area contributed by atoms with Gasteiger partial charge in [-0.15, -0.1) is 0 Å². The maximum Gasteiger partial charge on any atom is 0.278 e. The molecule has 0 fully saturated rings. The van der Waals surface area contributed by atoms with E-state index in [4.69, 9.17) is 0 Å². The second-order valence-corrected chi connectivity index (χ2v) is 6.27. The maximum atomic E-state index is 13.3. The van der Waals surface area contributed by atoms with Crippen LogP contribution in [0.25, 0.3) is 5.57 Å². The van der Waals surface area contributed by atoms with Crippen molar-refractivity contribution >= 4 is 23.1 Å². The largest absolute Gasteiger partial charge is 0.350 e. The third-order valence-corrected chi connectivity index (χ3v) is 4.17. The molecule has 1 aliphatic heterocycles. The molecule has 3 rings (SSSR count). The fourth-order valence-corrected chi connectivity index (χ4v) is 2.86. The van der Waals surface area contributed by atoms with Gasteiger partial charge in [-0.3, -0.25) is 14.5 Å². The highest BCUT2D eigenvalue weighted by atomic mass is 19.1. The van der Waals surface area contributed by atoms with Crippen molar-refractivity contribution in [2.75, 3.05) is 5.32 Å². The molecule has 4 nitrogen and oxygen atoms in total. The van der Waals surface area contributed by atoms with Gasteiger partial charge in [0, 0.05) is 11.7 Å². The van der Waals surface area contributed by atoms with Crippen molar-refractivity contribution in [3.05, 3.63) is 71.2 Å². The minimum absolute atomic E-state index is 0.222. The molecule has 0 bridgehead atoms. The molecule has 0 saturated carbocycles. The number of hydrogen-bond acceptors (Lipinski definition) is 3. The van der Waals surface area contributed by atoms with Crippen molar-refractivity contribution < 1.29 is 14.0 Å². The molecule has 2 aromatic carbocycles. The number of halogens is 1. The van der Waals surface area contributed by atoms with Gasteiger partial charge in [0.05, 0.1) is 5.57 Å². The number of nitrogens with zero attached hydrogens (tertiary/aromatic N) is 1. The van der Waals surface area contributed by atoms with Crippen molar-refractivity contribution in [2.45, 2.75) is 26.8 Å². The Bertz CT molecular complexity index is 870. The molecule has 1 heterocycles. The molecule has 0 radical (unpaired) electrons. The first kappa shape index (κ1) is 16.9. The molecule has 1 N–H and O–H groups in total. The van der Waals surface area contributed by atoms with Gasteiger partial charge in [-0.05, 0) is 50.1 Å². The minimum atomic E-state index is -0.393. The number of nitrogens with one attached hydrogen (secondary N) is 1. The predicted octanol–water partition coefficient (Wildman–Crippen LogP) is 3.73. The summed E-state index contributed by atoms with van der Waals surface area (Å²) in [7, 11) is 0. The number of hydrogen-bond donors (Lipinski definition) is 1. The van der Waals surface area contributed by atoms with E-state index in [0.717, 1.165) is 11.3 Å². The molecule has 2 aromatic rings. The molecule has 0 saturated heterocycles. The monoisotopic (exact) mass is 338 g/mol. The average Bonchev–Trinajstić information content (AvgIpc) is 2.81. The van der Waals surface area contributed by atoms with Gasteiger partial charge >= 0.3 is 0 Å². The number of para-hydroxylation sites is 1. The van der Waals surface area contributed by atoms with E-state index in [1.807, 2.05) is 31.2 Å². The number of aryl methyl sites for hydroxylation is 1. The van der Waals surface area contributed by atoms with Crippen LogP contribution in [-0.4, -0.2) is 22.8 Å². The summed E-state index contributed by atoms with van der Waals surface area (Å²) in [5.74, 6) is -1.14. The normalized spacial score (nSPS) is 14.7. The minimum Gasteiger partial charge on any atom is -0.350 e. The lowest BCUT2D eigenvalue weighted by Gasteiger charge is -2.19. The van der Waals surface area contributed by atoms with Crippen LogP contribution in [-0.2, 0) is 9.59 Å². The van der Waals surface area contributed by atoms with Crippen LogP contribution in [0, 0.1) is 12.7 Å². The summed E-state index contributed by atoms with van der Waals surface area (Å²) >= 11 is 0. The van der Waals surface area contributed by atoms with Gasteiger partial charge < -0.3 is 5.32 Å². The lowest BCUT2D eigenvalue weighted by Crippen LogP contribution is -2.38. The second kappa shape index (κ2) is 6.51.